The fourth-order valence-electron chi connectivity index (χ4n) is 10.9. The van der Waals surface area contributed by atoms with Crippen molar-refractivity contribution < 1.29 is 38.1 Å². The summed E-state index contributed by atoms with van der Waals surface area (Å²) in [5, 5.41) is 5.34. The fourth-order valence-corrected chi connectivity index (χ4v) is 10.9. The standard InChI is InChI=1S/C49H60N8O8/c1-28(2)40(54-46(60)62-5)44(58)56-19-9-10-38(56)42-51-26-37(53-42)33-16-15-32(34-22-48(23-35(33)34)17-7-8-18-48)30-11-13-31(14-12-30)36-25-50-43(52-36)39-24-49(64-20-21-65-49)27-57(39)45(59)41(29(3)4)55-47(61)63-6/h11-16,25-26,29,38-39,41H,7-10,17-24,27H2,1-6H3,(H,50,52)(H,51,53)(H,54,60)(H,55,61)/t38-,39-,41?/m0/s1. The smallest absolute Gasteiger partial charge is 0.411 e. The predicted molar refractivity (Wildman–Crippen MR) is 241 cm³/mol. The highest BCUT2D eigenvalue weighted by Gasteiger charge is 2.53. The Morgan fingerprint density at radius 1 is 0.785 bits per heavy atom. The molecule has 4 N–H and O–H groups in total. The van der Waals surface area contributed by atoms with Crippen LogP contribution >= 0.6 is 0 Å². The van der Waals surface area contributed by atoms with Crippen molar-refractivity contribution in [3.05, 3.63) is 82.8 Å². The molecule has 2 aromatic carbocycles. The molecule has 9 rings (SSSR count). The third-order valence-corrected chi connectivity index (χ3v) is 14.2. The molecule has 344 valence electrons. The highest BCUT2D eigenvalue weighted by molar-refractivity contribution is 5.97. The van der Waals surface area contributed by atoms with Crippen LogP contribution in [-0.2, 0) is 41.4 Å². The van der Waals surface area contributed by atoms with E-state index >= 15 is 0 Å². The van der Waals surface area contributed by atoms with E-state index in [0.717, 1.165) is 59.6 Å². The topological polar surface area (TPSA) is 193 Å². The Kier molecular flexibility index (Phi) is 12.1. The zero-order chi connectivity index (χ0) is 45.6. The third kappa shape index (κ3) is 8.42. The van der Waals surface area contributed by atoms with Crippen molar-refractivity contribution in [3.8, 4) is 33.6 Å². The highest BCUT2D eigenvalue weighted by Crippen LogP contribution is 2.53. The van der Waals surface area contributed by atoms with Crippen LogP contribution in [0.1, 0.15) is 108 Å². The van der Waals surface area contributed by atoms with E-state index < -0.39 is 30.1 Å². The Morgan fingerprint density at radius 2 is 1.40 bits per heavy atom. The van der Waals surface area contributed by atoms with Gasteiger partial charge in [0.1, 0.15) is 23.4 Å². The molecule has 3 atom stereocenters. The largest absolute Gasteiger partial charge is 0.453 e. The fraction of sp³-hybridized carbons (Fsp3) is 0.510. The molecule has 0 bridgehead atoms. The van der Waals surface area contributed by atoms with Crippen LogP contribution < -0.4 is 10.6 Å². The summed E-state index contributed by atoms with van der Waals surface area (Å²) in [6.45, 7) is 9.03. The van der Waals surface area contributed by atoms with Gasteiger partial charge in [-0.25, -0.2) is 19.6 Å². The quantitative estimate of drug-likeness (QED) is 0.116. The average Bonchev–Trinajstić information content (AvgIpc) is 4.17. The van der Waals surface area contributed by atoms with Crippen molar-refractivity contribution in [2.24, 2.45) is 11.3 Å². The predicted octanol–water partition coefficient (Wildman–Crippen LogP) is 7.50. The van der Waals surface area contributed by atoms with Gasteiger partial charge in [-0.2, -0.15) is 0 Å². The minimum absolute atomic E-state index is 0.192. The van der Waals surface area contributed by atoms with Crippen LogP contribution in [0.4, 0.5) is 9.59 Å². The van der Waals surface area contributed by atoms with Crippen molar-refractivity contribution in [1.82, 2.24) is 40.4 Å². The van der Waals surface area contributed by atoms with E-state index in [4.69, 9.17) is 28.9 Å². The minimum atomic E-state index is -0.937. The van der Waals surface area contributed by atoms with E-state index in [0.29, 0.717) is 37.6 Å². The van der Waals surface area contributed by atoms with Gasteiger partial charge in [0, 0.05) is 18.5 Å². The number of rotatable bonds is 10. The Hall–Kier alpha value is -6.00. The van der Waals surface area contributed by atoms with Crippen LogP contribution in [-0.4, -0.2) is 106 Å². The van der Waals surface area contributed by atoms with Gasteiger partial charge in [-0.05, 0) is 97.1 Å². The van der Waals surface area contributed by atoms with Crippen LogP contribution in [0.3, 0.4) is 0 Å². The number of methoxy groups -OCH3 is 2. The second-order valence-corrected chi connectivity index (χ2v) is 18.9. The number of carbonyl (C=O) groups excluding carboxylic acids is 4. The lowest BCUT2D eigenvalue weighted by atomic mass is 9.82. The summed E-state index contributed by atoms with van der Waals surface area (Å²) in [6.07, 6.45) is 11.3. The van der Waals surface area contributed by atoms with Crippen LogP contribution in [0.5, 0.6) is 0 Å². The Labute approximate surface area is 379 Å². The van der Waals surface area contributed by atoms with Gasteiger partial charge in [0.15, 0.2) is 5.79 Å². The zero-order valence-electron chi connectivity index (χ0n) is 38.2. The molecule has 2 spiro atoms. The summed E-state index contributed by atoms with van der Waals surface area (Å²) in [5.41, 5.74) is 10.2. The van der Waals surface area contributed by atoms with E-state index in [1.54, 1.807) is 29.8 Å². The van der Waals surface area contributed by atoms with Crippen LogP contribution in [0.2, 0.25) is 0 Å². The molecule has 5 heterocycles. The van der Waals surface area contributed by atoms with Crippen molar-refractivity contribution in [3.63, 3.8) is 0 Å². The number of aromatic amines is 2. The van der Waals surface area contributed by atoms with Crippen molar-refractivity contribution in [1.29, 1.82) is 0 Å². The number of likely N-dealkylation sites (tertiary alicyclic amines) is 2. The summed E-state index contributed by atoms with van der Waals surface area (Å²) >= 11 is 0. The third-order valence-electron chi connectivity index (χ3n) is 14.2. The normalized spacial score (nSPS) is 21.0. The molecule has 1 saturated carbocycles. The van der Waals surface area contributed by atoms with Crippen LogP contribution in [0.25, 0.3) is 33.6 Å². The number of imidazole rings is 2. The molecule has 4 fully saturated rings. The molecule has 5 aliphatic rings. The first-order valence-corrected chi connectivity index (χ1v) is 22.9. The lowest BCUT2D eigenvalue weighted by molar-refractivity contribution is -0.153. The van der Waals surface area contributed by atoms with Gasteiger partial charge in [0.25, 0.3) is 5.91 Å². The number of carbonyl (C=O) groups is 4. The van der Waals surface area contributed by atoms with Gasteiger partial charge >= 0.3 is 12.2 Å². The van der Waals surface area contributed by atoms with Gasteiger partial charge in [0.05, 0.1) is 69.8 Å². The maximum Gasteiger partial charge on any atom is 0.411 e. The second kappa shape index (κ2) is 17.8. The number of benzene rings is 2. The van der Waals surface area contributed by atoms with Crippen molar-refractivity contribution in [2.75, 3.05) is 40.5 Å². The van der Waals surface area contributed by atoms with Gasteiger partial charge < -0.3 is 44.0 Å². The number of fused-ring (bicyclic) bond motifs is 1. The number of amides is 4. The Morgan fingerprint density at radius 3 is 2.06 bits per heavy atom. The van der Waals surface area contributed by atoms with E-state index in [9.17, 15) is 19.2 Å². The average molecular weight is 889 g/mol. The number of allylic oxidation sites excluding steroid dienone is 1. The highest BCUT2D eigenvalue weighted by atomic mass is 16.7. The molecule has 3 saturated heterocycles. The maximum absolute atomic E-state index is 14.1. The molecule has 2 aromatic heterocycles. The monoisotopic (exact) mass is 888 g/mol. The molecule has 4 amide bonds. The van der Waals surface area contributed by atoms with Gasteiger partial charge in [-0.1, -0.05) is 63.1 Å². The van der Waals surface area contributed by atoms with Crippen molar-refractivity contribution in [2.45, 2.75) is 109 Å². The molecule has 16 nitrogen and oxygen atoms in total. The van der Waals surface area contributed by atoms with E-state index in [-0.39, 0.29) is 41.4 Å². The van der Waals surface area contributed by atoms with Gasteiger partial charge in [0.2, 0.25) is 5.91 Å². The SMILES string of the molecule is COC(=O)NC(C(=O)N1CCC[C@H]1c1ncc(-c2ccc(-c3ccc(-c4cnc([C@@H]5CC6(CN5C(=O)C(NC(=O)OC)C(C)C)OCCO6)[nH]4)cc3)c3c2CC2(CCCC2)C3)[nH]1)=C(C)C. The number of H-pyrrole nitrogens is 2. The first-order valence-electron chi connectivity index (χ1n) is 22.9. The first kappa shape index (κ1) is 44.2. The molecule has 65 heavy (non-hydrogen) atoms. The lowest BCUT2D eigenvalue weighted by Crippen LogP contribution is -2.52. The van der Waals surface area contributed by atoms with E-state index in [1.165, 1.54) is 56.6 Å². The van der Waals surface area contributed by atoms with E-state index in [2.05, 4.69) is 57.0 Å². The zero-order valence-corrected chi connectivity index (χ0v) is 38.2. The summed E-state index contributed by atoms with van der Waals surface area (Å²) in [6, 6.07) is 11.5. The molecule has 16 heteroatoms. The second-order valence-electron chi connectivity index (χ2n) is 18.9. The molecule has 1 unspecified atom stereocenters. The molecule has 0 radical (unpaired) electrons. The lowest BCUT2D eigenvalue weighted by Gasteiger charge is -2.30. The molecular formula is C49H60N8O8. The summed E-state index contributed by atoms with van der Waals surface area (Å²) in [4.78, 5) is 72.6. The summed E-state index contributed by atoms with van der Waals surface area (Å²) < 4.78 is 21.8. The van der Waals surface area contributed by atoms with Crippen molar-refractivity contribution >= 4 is 24.0 Å². The van der Waals surface area contributed by atoms with Crippen LogP contribution in [0.15, 0.2) is 60.1 Å². The maximum atomic E-state index is 14.1. The van der Waals surface area contributed by atoms with Gasteiger partial charge in [-0.3, -0.25) is 14.9 Å². The number of alkyl carbamates (subject to hydrolysis) is 2. The van der Waals surface area contributed by atoms with Crippen LogP contribution in [0, 0.1) is 11.3 Å². The number of nitrogens with one attached hydrogen (secondary N) is 4. The summed E-state index contributed by atoms with van der Waals surface area (Å²) in [5.74, 6) is -0.272. The number of nitrogens with zero attached hydrogens (tertiary/aromatic N) is 4. The van der Waals surface area contributed by atoms with Gasteiger partial charge in [-0.15, -0.1) is 0 Å². The first-order chi connectivity index (χ1) is 31.3. The van der Waals surface area contributed by atoms with E-state index in [1.807, 2.05) is 20.0 Å². The Balaban J connectivity index is 0.973. The number of hydrogen-bond donors (Lipinski definition) is 4. The number of ether oxygens (including phenoxy) is 4. The molecule has 2 aliphatic carbocycles. The molecule has 3 aliphatic heterocycles. The molecular weight excluding hydrogens is 829 g/mol. The molecule has 4 aromatic rings. The Bertz CT molecular complexity index is 2490. The number of aromatic nitrogens is 4. The minimum Gasteiger partial charge on any atom is -0.453 e. The summed E-state index contributed by atoms with van der Waals surface area (Å²) in [7, 11) is 2.56. The number of hydrogen-bond acceptors (Lipinski definition) is 10.